The Labute approximate surface area is 151 Å². The molecule has 2 heterocycles. The summed E-state index contributed by atoms with van der Waals surface area (Å²) < 4.78 is 0. The highest BCUT2D eigenvalue weighted by Crippen LogP contribution is 2.35. The second-order valence-corrected chi connectivity index (χ2v) is 8.07. The van der Waals surface area contributed by atoms with Crippen LogP contribution in [0.1, 0.15) is 44.9 Å². The maximum atomic E-state index is 12.7. The second kappa shape index (κ2) is 7.67. The van der Waals surface area contributed by atoms with Gasteiger partial charge in [-0.15, -0.1) is 0 Å². The van der Waals surface area contributed by atoms with Crippen molar-refractivity contribution < 1.29 is 4.79 Å². The number of hydrogen-bond donors (Lipinski definition) is 1. The third kappa shape index (κ3) is 3.78. The summed E-state index contributed by atoms with van der Waals surface area (Å²) in [4.78, 5) is 17.3. The summed E-state index contributed by atoms with van der Waals surface area (Å²) in [6.45, 7) is 3.92. The van der Waals surface area contributed by atoms with Crippen molar-refractivity contribution >= 4 is 11.7 Å². The molecule has 1 N–H and O–H groups in total. The molecule has 4 nitrogen and oxygen atoms in total. The molecule has 4 rings (SSSR count). The van der Waals surface area contributed by atoms with Crippen molar-refractivity contribution in [2.24, 2.45) is 11.8 Å². The van der Waals surface area contributed by atoms with Crippen LogP contribution in [-0.2, 0) is 0 Å². The standard InChI is InChI=1S/C21H31N3O/c25-21(24-13-6-11-20(24)18-7-4-5-8-18)22-15-17-12-14-23(16-17)19-9-2-1-3-10-19/h1-3,9-10,17-18,20H,4-8,11-16H2,(H,22,25)/t17-,20+/m0/s1. The summed E-state index contributed by atoms with van der Waals surface area (Å²) in [6, 6.07) is 11.3. The van der Waals surface area contributed by atoms with Crippen LogP contribution in [0.2, 0.25) is 0 Å². The van der Waals surface area contributed by atoms with Crippen molar-refractivity contribution in [3.05, 3.63) is 30.3 Å². The van der Waals surface area contributed by atoms with Gasteiger partial charge in [-0.1, -0.05) is 31.0 Å². The Morgan fingerprint density at radius 3 is 2.60 bits per heavy atom. The third-order valence-corrected chi connectivity index (χ3v) is 6.45. The van der Waals surface area contributed by atoms with Gasteiger partial charge in [-0.05, 0) is 56.1 Å². The summed E-state index contributed by atoms with van der Waals surface area (Å²) in [5.74, 6) is 1.32. The number of anilines is 1. The van der Waals surface area contributed by atoms with Gasteiger partial charge < -0.3 is 15.1 Å². The molecule has 0 aromatic heterocycles. The molecule has 3 fully saturated rings. The quantitative estimate of drug-likeness (QED) is 0.902. The predicted octanol–water partition coefficient (Wildman–Crippen LogP) is 3.88. The lowest BCUT2D eigenvalue weighted by atomic mass is 9.96. The molecule has 1 aliphatic carbocycles. The number of nitrogens with one attached hydrogen (secondary N) is 1. The first-order valence-corrected chi connectivity index (χ1v) is 10.2. The first-order valence-electron chi connectivity index (χ1n) is 10.2. The molecule has 4 heteroatoms. The lowest BCUT2D eigenvalue weighted by molar-refractivity contribution is 0.171. The Bertz CT molecular complexity index is 570. The van der Waals surface area contributed by atoms with Crippen LogP contribution < -0.4 is 10.2 Å². The number of carbonyl (C=O) groups is 1. The monoisotopic (exact) mass is 341 g/mol. The van der Waals surface area contributed by atoms with Crippen LogP contribution in [0, 0.1) is 11.8 Å². The third-order valence-electron chi connectivity index (χ3n) is 6.45. The highest BCUT2D eigenvalue weighted by molar-refractivity contribution is 5.75. The number of nitrogens with zero attached hydrogens (tertiary/aromatic N) is 2. The number of rotatable bonds is 4. The fourth-order valence-corrected chi connectivity index (χ4v) is 5.08. The molecule has 0 bridgehead atoms. The Morgan fingerprint density at radius 1 is 1.00 bits per heavy atom. The van der Waals surface area contributed by atoms with Gasteiger partial charge in [-0.25, -0.2) is 4.79 Å². The predicted molar refractivity (Wildman–Crippen MR) is 102 cm³/mol. The first kappa shape index (κ1) is 16.7. The fourth-order valence-electron chi connectivity index (χ4n) is 5.08. The molecule has 1 saturated carbocycles. The van der Waals surface area contributed by atoms with Gasteiger partial charge in [0.25, 0.3) is 0 Å². The lowest BCUT2D eigenvalue weighted by Gasteiger charge is -2.30. The van der Waals surface area contributed by atoms with Gasteiger partial charge >= 0.3 is 6.03 Å². The van der Waals surface area contributed by atoms with Crippen molar-refractivity contribution in [1.82, 2.24) is 10.2 Å². The average molecular weight is 341 g/mol. The largest absolute Gasteiger partial charge is 0.371 e. The van der Waals surface area contributed by atoms with Crippen molar-refractivity contribution in [2.75, 3.05) is 31.1 Å². The number of benzene rings is 1. The van der Waals surface area contributed by atoms with E-state index >= 15 is 0 Å². The molecule has 3 aliphatic rings. The minimum atomic E-state index is 0.188. The van der Waals surface area contributed by atoms with Crippen LogP contribution in [-0.4, -0.2) is 43.2 Å². The van der Waals surface area contributed by atoms with Crippen LogP contribution in [0.25, 0.3) is 0 Å². The van der Waals surface area contributed by atoms with Crippen LogP contribution in [0.3, 0.4) is 0 Å². The summed E-state index contributed by atoms with van der Waals surface area (Å²) in [6.07, 6.45) is 8.92. The van der Waals surface area contributed by atoms with Gasteiger partial charge in [0.1, 0.15) is 0 Å². The number of amides is 2. The van der Waals surface area contributed by atoms with Crippen molar-refractivity contribution in [1.29, 1.82) is 0 Å². The number of urea groups is 1. The molecule has 2 atom stereocenters. The van der Waals surface area contributed by atoms with Crippen LogP contribution in [0.5, 0.6) is 0 Å². The summed E-state index contributed by atoms with van der Waals surface area (Å²) in [5, 5.41) is 3.25. The van der Waals surface area contributed by atoms with E-state index in [1.165, 1.54) is 50.6 Å². The van der Waals surface area contributed by atoms with Gasteiger partial charge in [0, 0.05) is 37.9 Å². The van der Waals surface area contributed by atoms with E-state index in [0.717, 1.165) is 32.1 Å². The van der Waals surface area contributed by atoms with Gasteiger partial charge in [-0.2, -0.15) is 0 Å². The molecule has 2 aliphatic heterocycles. The van der Waals surface area contributed by atoms with Crippen LogP contribution in [0.4, 0.5) is 10.5 Å². The molecule has 2 saturated heterocycles. The average Bonchev–Trinajstić information content (AvgIpc) is 3.41. The highest BCUT2D eigenvalue weighted by atomic mass is 16.2. The maximum absolute atomic E-state index is 12.7. The number of hydrogen-bond acceptors (Lipinski definition) is 2. The second-order valence-electron chi connectivity index (χ2n) is 8.07. The molecule has 0 unspecified atom stereocenters. The molecule has 1 aromatic carbocycles. The van der Waals surface area contributed by atoms with E-state index in [4.69, 9.17) is 0 Å². The van der Waals surface area contributed by atoms with E-state index in [1.807, 2.05) is 0 Å². The smallest absolute Gasteiger partial charge is 0.317 e. The number of likely N-dealkylation sites (tertiary alicyclic amines) is 1. The van der Waals surface area contributed by atoms with Gasteiger partial charge in [0.05, 0.1) is 0 Å². The Balaban J connectivity index is 1.26. The SMILES string of the molecule is O=C(NC[C@@H]1CCN(c2ccccc2)C1)N1CCC[C@@H]1C1CCCC1. The Morgan fingerprint density at radius 2 is 1.80 bits per heavy atom. The van der Waals surface area contributed by atoms with Crippen molar-refractivity contribution in [3.63, 3.8) is 0 Å². The van der Waals surface area contributed by atoms with E-state index in [1.54, 1.807) is 0 Å². The number of para-hydroxylation sites is 1. The van der Waals surface area contributed by atoms with E-state index in [-0.39, 0.29) is 6.03 Å². The Kier molecular flexibility index (Phi) is 5.14. The summed E-state index contributed by atoms with van der Waals surface area (Å²) in [5.41, 5.74) is 1.30. The highest BCUT2D eigenvalue weighted by Gasteiger charge is 2.36. The fraction of sp³-hybridized carbons (Fsp3) is 0.667. The molecule has 1 aromatic rings. The molecule has 0 radical (unpaired) electrons. The molecular weight excluding hydrogens is 310 g/mol. The molecule has 0 spiro atoms. The van der Waals surface area contributed by atoms with E-state index < -0.39 is 0 Å². The minimum Gasteiger partial charge on any atom is -0.371 e. The van der Waals surface area contributed by atoms with Crippen molar-refractivity contribution in [3.8, 4) is 0 Å². The van der Waals surface area contributed by atoms with Crippen molar-refractivity contribution in [2.45, 2.75) is 51.0 Å². The van der Waals surface area contributed by atoms with Gasteiger partial charge in [-0.3, -0.25) is 0 Å². The number of carbonyl (C=O) groups excluding carboxylic acids is 1. The zero-order valence-corrected chi connectivity index (χ0v) is 15.2. The van der Waals surface area contributed by atoms with E-state index in [2.05, 4.69) is 45.4 Å². The normalized spacial score (nSPS) is 27.2. The molecule has 2 amide bonds. The summed E-state index contributed by atoms with van der Waals surface area (Å²) in [7, 11) is 0. The molecule has 136 valence electrons. The maximum Gasteiger partial charge on any atom is 0.317 e. The lowest BCUT2D eigenvalue weighted by Crippen LogP contribution is -2.46. The summed E-state index contributed by atoms with van der Waals surface area (Å²) >= 11 is 0. The zero-order chi connectivity index (χ0) is 17.1. The van der Waals surface area contributed by atoms with E-state index in [0.29, 0.717) is 12.0 Å². The first-order chi connectivity index (χ1) is 12.3. The minimum absolute atomic E-state index is 0.188. The van der Waals surface area contributed by atoms with Crippen LogP contribution >= 0.6 is 0 Å². The van der Waals surface area contributed by atoms with E-state index in [9.17, 15) is 4.79 Å². The molecule has 25 heavy (non-hydrogen) atoms. The molecular formula is C21H31N3O. The zero-order valence-electron chi connectivity index (χ0n) is 15.2. The van der Waals surface area contributed by atoms with Gasteiger partial charge in [0.15, 0.2) is 0 Å². The van der Waals surface area contributed by atoms with Crippen LogP contribution in [0.15, 0.2) is 30.3 Å². The van der Waals surface area contributed by atoms with Gasteiger partial charge in [0.2, 0.25) is 0 Å². The Hall–Kier alpha value is -1.71. The topological polar surface area (TPSA) is 35.6 Å².